The molecule has 0 saturated carbocycles. The average molecular weight is 436 g/mol. The molecule has 0 fully saturated rings. The van der Waals surface area contributed by atoms with Gasteiger partial charge in [0, 0.05) is 12.3 Å². The van der Waals surface area contributed by atoms with Crippen molar-refractivity contribution in [2.24, 2.45) is 22.2 Å². The van der Waals surface area contributed by atoms with Gasteiger partial charge in [0.1, 0.15) is 24.2 Å². The SMILES string of the molecule is CC(NC(=O)C(N)CO)C(=O)NC(CS)C(=O)NC(CCCN=C(N)N)C(=O)O. The summed E-state index contributed by atoms with van der Waals surface area (Å²) in [7, 11) is 0. The first-order chi connectivity index (χ1) is 13.5. The molecule has 14 heteroatoms. The first kappa shape index (κ1) is 26.4. The Bertz CT molecular complexity index is 614. The fourth-order valence-corrected chi connectivity index (χ4v) is 2.25. The van der Waals surface area contributed by atoms with Crippen molar-refractivity contribution in [1.82, 2.24) is 16.0 Å². The van der Waals surface area contributed by atoms with E-state index in [1.807, 2.05) is 0 Å². The highest BCUT2D eigenvalue weighted by Crippen LogP contribution is 2.01. The van der Waals surface area contributed by atoms with Gasteiger partial charge in [0.05, 0.1) is 6.61 Å². The lowest BCUT2D eigenvalue weighted by Gasteiger charge is -2.22. The van der Waals surface area contributed by atoms with Crippen molar-refractivity contribution in [2.75, 3.05) is 18.9 Å². The van der Waals surface area contributed by atoms with Crippen LogP contribution in [0.5, 0.6) is 0 Å². The Hall–Kier alpha value is -2.58. The molecule has 11 N–H and O–H groups in total. The van der Waals surface area contributed by atoms with Crippen molar-refractivity contribution in [3.8, 4) is 0 Å². The van der Waals surface area contributed by atoms with Crippen molar-refractivity contribution in [2.45, 2.75) is 43.9 Å². The normalized spacial score (nSPS) is 14.6. The van der Waals surface area contributed by atoms with Gasteiger partial charge in [0.25, 0.3) is 0 Å². The number of carbonyl (C=O) groups is 4. The molecule has 0 aromatic heterocycles. The predicted octanol–water partition coefficient (Wildman–Crippen LogP) is -4.15. The van der Waals surface area contributed by atoms with Crippen LogP contribution in [-0.4, -0.2) is 82.9 Å². The fourth-order valence-electron chi connectivity index (χ4n) is 1.99. The number of rotatable bonds is 13. The van der Waals surface area contributed by atoms with Crippen LogP contribution in [-0.2, 0) is 19.2 Å². The zero-order chi connectivity index (χ0) is 22.6. The summed E-state index contributed by atoms with van der Waals surface area (Å²) in [6.45, 7) is 0.956. The van der Waals surface area contributed by atoms with E-state index in [1.54, 1.807) is 0 Å². The van der Waals surface area contributed by atoms with Gasteiger partial charge in [-0.05, 0) is 19.8 Å². The van der Waals surface area contributed by atoms with E-state index in [0.29, 0.717) is 6.42 Å². The van der Waals surface area contributed by atoms with Gasteiger partial charge in [-0.3, -0.25) is 19.4 Å². The van der Waals surface area contributed by atoms with Crippen LogP contribution in [0.2, 0.25) is 0 Å². The van der Waals surface area contributed by atoms with Crippen LogP contribution in [0, 0.1) is 0 Å². The van der Waals surface area contributed by atoms with Crippen LogP contribution < -0.4 is 33.2 Å². The summed E-state index contributed by atoms with van der Waals surface area (Å²) < 4.78 is 0. The minimum absolute atomic E-state index is 0.0661. The van der Waals surface area contributed by atoms with Gasteiger partial charge in [-0.1, -0.05) is 0 Å². The number of hydrogen-bond acceptors (Lipinski definition) is 8. The molecular formula is C15H29N7O6S. The lowest BCUT2D eigenvalue weighted by atomic mass is 10.1. The number of guanidine groups is 1. The maximum atomic E-state index is 12.3. The molecule has 4 unspecified atom stereocenters. The standard InChI is InChI=1S/C15H29N7O6S/c1-7(20-12(25)8(16)5-23)11(24)22-10(6-29)13(26)21-9(14(27)28)3-2-4-19-15(17)18/h7-10,23,29H,2-6,16H2,1H3,(H,20,25)(H,21,26)(H,22,24)(H,27,28)(H4,17,18,19). The van der Waals surface area contributed by atoms with Gasteiger partial charge in [0.15, 0.2) is 5.96 Å². The highest BCUT2D eigenvalue weighted by atomic mass is 32.1. The molecule has 0 spiro atoms. The molecule has 3 amide bonds. The smallest absolute Gasteiger partial charge is 0.326 e. The first-order valence-corrected chi connectivity index (χ1v) is 9.33. The molecule has 0 aliphatic carbocycles. The molecule has 0 radical (unpaired) electrons. The van der Waals surface area contributed by atoms with E-state index >= 15 is 0 Å². The van der Waals surface area contributed by atoms with Crippen molar-refractivity contribution in [3.05, 3.63) is 0 Å². The molecular weight excluding hydrogens is 406 g/mol. The summed E-state index contributed by atoms with van der Waals surface area (Å²) in [5.74, 6) is -3.71. The summed E-state index contributed by atoms with van der Waals surface area (Å²) in [5.41, 5.74) is 15.7. The number of carbonyl (C=O) groups excluding carboxylic acids is 3. The van der Waals surface area contributed by atoms with E-state index in [2.05, 4.69) is 33.6 Å². The lowest BCUT2D eigenvalue weighted by molar-refractivity contribution is -0.142. The van der Waals surface area contributed by atoms with Gasteiger partial charge < -0.3 is 43.4 Å². The van der Waals surface area contributed by atoms with Crippen molar-refractivity contribution in [3.63, 3.8) is 0 Å². The summed E-state index contributed by atoms with van der Waals surface area (Å²) in [6, 6.07) is -4.60. The lowest BCUT2D eigenvalue weighted by Crippen LogP contribution is -2.57. The zero-order valence-corrected chi connectivity index (χ0v) is 16.9. The molecule has 0 aliphatic heterocycles. The minimum Gasteiger partial charge on any atom is -0.480 e. The highest BCUT2D eigenvalue weighted by molar-refractivity contribution is 7.80. The molecule has 29 heavy (non-hydrogen) atoms. The van der Waals surface area contributed by atoms with Crippen LogP contribution in [0.15, 0.2) is 4.99 Å². The summed E-state index contributed by atoms with van der Waals surface area (Å²) in [5, 5.41) is 25.0. The number of aliphatic imine (C=N–C) groups is 1. The van der Waals surface area contributed by atoms with Crippen molar-refractivity contribution in [1.29, 1.82) is 0 Å². The Morgan fingerprint density at radius 3 is 2.10 bits per heavy atom. The molecule has 0 aromatic rings. The highest BCUT2D eigenvalue weighted by Gasteiger charge is 2.27. The number of nitrogens with two attached hydrogens (primary N) is 3. The molecule has 0 aliphatic rings. The predicted molar refractivity (Wildman–Crippen MR) is 108 cm³/mol. The number of aliphatic carboxylic acids is 1. The van der Waals surface area contributed by atoms with Crippen molar-refractivity contribution < 1.29 is 29.4 Å². The van der Waals surface area contributed by atoms with E-state index in [-0.39, 0.29) is 24.7 Å². The third-order valence-corrected chi connectivity index (χ3v) is 4.03. The van der Waals surface area contributed by atoms with Gasteiger partial charge in [-0.15, -0.1) is 0 Å². The second-order valence-corrected chi connectivity index (χ2v) is 6.48. The van der Waals surface area contributed by atoms with Gasteiger partial charge >= 0.3 is 5.97 Å². The van der Waals surface area contributed by atoms with Crippen LogP contribution in [0.3, 0.4) is 0 Å². The molecule has 0 rings (SSSR count). The van der Waals surface area contributed by atoms with Gasteiger partial charge in [-0.25, -0.2) is 4.79 Å². The van der Waals surface area contributed by atoms with E-state index in [9.17, 15) is 24.3 Å². The van der Waals surface area contributed by atoms with E-state index in [0.717, 1.165) is 0 Å². The number of nitrogens with zero attached hydrogens (tertiary/aromatic N) is 1. The Morgan fingerprint density at radius 2 is 1.62 bits per heavy atom. The molecule has 0 aromatic carbocycles. The van der Waals surface area contributed by atoms with E-state index in [4.69, 9.17) is 22.3 Å². The van der Waals surface area contributed by atoms with Crippen LogP contribution in [0.1, 0.15) is 19.8 Å². The van der Waals surface area contributed by atoms with Gasteiger partial charge in [0.2, 0.25) is 17.7 Å². The Labute approximate surface area is 173 Å². The second-order valence-electron chi connectivity index (χ2n) is 6.11. The second kappa shape index (κ2) is 13.6. The first-order valence-electron chi connectivity index (χ1n) is 8.70. The number of amides is 3. The maximum absolute atomic E-state index is 12.3. The van der Waals surface area contributed by atoms with E-state index in [1.165, 1.54) is 6.92 Å². The Kier molecular flexibility index (Phi) is 12.4. The van der Waals surface area contributed by atoms with Gasteiger partial charge in [-0.2, -0.15) is 12.6 Å². The summed E-state index contributed by atoms with van der Waals surface area (Å²) in [6.07, 6.45) is 0.373. The number of thiol groups is 1. The third-order valence-electron chi connectivity index (χ3n) is 3.66. The Balaban J connectivity index is 4.78. The quantitative estimate of drug-likeness (QED) is 0.0590. The molecule has 13 nitrogen and oxygen atoms in total. The number of aliphatic hydroxyl groups is 1. The zero-order valence-electron chi connectivity index (χ0n) is 16.0. The van der Waals surface area contributed by atoms with Crippen LogP contribution in [0.25, 0.3) is 0 Å². The Morgan fingerprint density at radius 1 is 1.03 bits per heavy atom. The van der Waals surface area contributed by atoms with E-state index < -0.39 is 54.5 Å². The molecule has 0 bridgehead atoms. The number of aliphatic hydroxyl groups excluding tert-OH is 1. The number of carboxylic acid groups (broad SMARTS) is 1. The molecule has 4 atom stereocenters. The summed E-state index contributed by atoms with van der Waals surface area (Å²) in [4.78, 5) is 51.1. The largest absolute Gasteiger partial charge is 0.480 e. The van der Waals surface area contributed by atoms with Crippen LogP contribution >= 0.6 is 12.6 Å². The molecule has 166 valence electrons. The molecule has 0 saturated heterocycles. The summed E-state index contributed by atoms with van der Waals surface area (Å²) >= 11 is 3.99. The fraction of sp³-hybridized carbons (Fsp3) is 0.667. The number of nitrogens with one attached hydrogen (secondary N) is 3. The van der Waals surface area contributed by atoms with Crippen molar-refractivity contribution >= 4 is 42.3 Å². The number of carboxylic acids is 1. The number of hydrogen-bond donors (Lipinski definition) is 9. The third kappa shape index (κ3) is 10.5. The minimum atomic E-state index is -1.26. The molecule has 0 heterocycles. The average Bonchev–Trinajstić information content (AvgIpc) is 2.66. The topological polar surface area (TPSA) is 235 Å². The monoisotopic (exact) mass is 435 g/mol. The van der Waals surface area contributed by atoms with Crippen LogP contribution in [0.4, 0.5) is 0 Å². The maximum Gasteiger partial charge on any atom is 0.326 e.